The molecule has 0 aliphatic rings. The smallest absolute Gasteiger partial charge is 0.340 e. The summed E-state index contributed by atoms with van der Waals surface area (Å²) in [7, 11) is 0. The molecule has 7 heteroatoms. The largest absolute Gasteiger partial charge is 0.452 e. The molecule has 3 amide bonds. The number of carbonyl (C=O) groups is 3. The van der Waals surface area contributed by atoms with E-state index in [0.29, 0.717) is 17.8 Å². The molecule has 1 aromatic rings. The molecule has 0 radical (unpaired) electrons. The van der Waals surface area contributed by atoms with Gasteiger partial charge in [0.25, 0.3) is 5.91 Å². The summed E-state index contributed by atoms with van der Waals surface area (Å²) in [4.78, 5) is 35.0. The van der Waals surface area contributed by atoms with Crippen LogP contribution in [0.5, 0.6) is 0 Å². The van der Waals surface area contributed by atoms with Crippen LogP contribution in [0.2, 0.25) is 0 Å². The molecule has 0 atom stereocenters. The van der Waals surface area contributed by atoms with Gasteiger partial charge in [0.1, 0.15) is 0 Å². The van der Waals surface area contributed by atoms with Crippen molar-refractivity contribution in [1.29, 1.82) is 0 Å². The molecule has 7 nitrogen and oxygen atoms in total. The van der Waals surface area contributed by atoms with E-state index in [1.165, 1.54) is 0 Å². The van der Waals surface area contributed by atoms with Crippen LogP contribution in [0, 0.1) is 0 Å². The lowest BCUT2D eigenvalue weighted by Gasteiger charge is -2.11. The van der Waals surface area contributed by atoms with Gasteiger partial charge in [0.15, 0.2) is 6.61 Å². The molecule has 0 aliphatic carbocycles. The highest BCUT2D eigenvalue weighted by Gasteiger charge is 2.15. The maximum atomic E-state index is 12.1. The summed E-state index contributed by atoms with van der Waals surface area (Å²) in [5, 5.41) is 7.77. The highest BCUT2D eigenvalue weighted by Crippen LogP contribution is 2.16. The number of esters is 1. The fourth-order valence-electron chi connectivity index (χ4n) is 1.87. The molecule has 3 N–H and O–H groups in total. The Morgan fingerprint density at radius 3 is 2.50 bits per heavy atom. The lowest BCUT2D eigenvalue weighted by Crippen LogP contribution is -2.41. The number of amides is 3. The van der Waals surface area contributed by atoms with Crippen molar-refractivity contribution in [1.82, 2.24) is 10.6 Å². The van der Waals surface area contributed by atoms with E-state index < -0.39 is 24.5 Å². The van der Waals surface area contributed by atoms with Crippen molar-refractivity contribution < 1.29 is 19.1 Å². The second kappa shape index (κ2) is 11.0. The summed E-state index contributed by atoms with van der Waals surface area (Å²) < 4.78 is 4.97. The first-order valence-corrected chi connectivity index (χ1v) is 8.16. The third-order valence-electron chi connectivity index (χ3n) is 3.12. The molecular formula is C17H25N3O4. The lowest BCUT2D eigenvalue weighted by molar-refractivity contribution is -0.123. The summed E-state index contributed by atoms with van der Waals surface area (Å²) in [5.41, 5.74) is 1.02. The van der Waals surface area contributed by atoms with Crippen LogP contribution in [0.4, 0.5) is 10.5 Å². The standard InChI is InChI=1S/C17H25N3O4/c1-3-5-11-18-14-9-7-6-8-13(14)16(22)24-12-15(21)20-17(23)19-10-4-2/h6-9,18H,3-5,10-12H2,1-2H3,(H2,19,20,21,23). The van der Waals surface area contributed by atoms with Gasteiger partial charge in [-0.15, -0.1) is 0 Å². The van der Waals surface area contributed by atoms with Gasteiger partial charge in [0, 0.05) is 18.8 Å². The zero-order valence-electron chi connectivity index (χ0n) is 14.2. The molecule has 0 bridgehead atoms. The van der Waals surface area contributed by atoms with Crippen LogP contribution in [0.15, 0.2) is 24.3 Å². The van der Waals surface area contributed by atoms with E-state index >= 15 is 0 Å². The average molecular weight is 335 g/mol. The molecule has 24 heavy (non-hydrogen) atoms. The maximum absolute atomic E-state index is 12.1. The molecule has 0 saturated carbocycles. The summed E-state index contributed by atoms with van der Waals surface area (Å²) in [6, 6.07) is 6.35. The minimum absolute atomic E-state index is 0.358. The normalized spacial score (nSPS) is 9.92. The van der Waals surface area contributed by atoms with Gasteiger partial charge in [-0.05, 0) is 25.0 Å². The van der Waals surface area contributed by atoms with Crippen LogP contribution < -0.4 is 16.0 Å². The Labute approximate surface area is 142 Å². The van der Waals surface area contributed by atoms with Gasteiger partial charge in [-0.3, -0.25) is 10.1 Å². The molecule has 0 aliphatic heterocycles. The Morgan fingerprint density at radius 2 is 1.79 bits per heavy atom. The molecule has 132 valence electrons. The number of unbranched alkanes of at least 4 members (excludes halogenated alkanes) is 1. The van der Waals surface area contributed by atoms with Crippen LogP contribution in [0.1, 0.15) is 43.5 Å². The maximum Gasteiger partial charge on any atom is 0.340 e. The summed E-state index contributed by atoms with van der Waals surface area (Å²) in [6.07, 6.45) is 2.79. The van der Waals surface area contributed by atoms with E-state index in [1.807, 2.05) is 13.0 Å². The molecule has 0 saturated heterocycles. The number of hydrogen-bond acceptors (Lipinski definition) is 5. The number of ether oxygens (including phenoxy) is 1. The molecule has 0 heterocycles. The van der Waals surface area contributed by atoms with Crippen LogP contribution in [-0.2, 0) is 9.53 Å². The monoisotopic (exact) mass is 335 g/mol. The molecule has 0 spiro atoms. The van der Waals surface area contributed by atoms with E-state index in [-0.39, 0.29) is 0 Å². The first kappa shape index (κ1) is 19.5. The Morgan fingerprint density at radius 1 is 1.04 bits per heavy atom. The van der Waals surface area contributed by atoms with Crippen LogP contribution in [-0.4, -0.2) is 37.6 Å². The number of rotatable bonds is 9. The Hall–Kier alpha value is -2.57. The third-order valence-corrected chi connectivity index (χ3v) is 3.12. The number of benzene rings is 1. The summed E-state index contributed by atoms with van der Waals surface area (Å²) in [5.74, 6) is -1.29. The summed E-state index contributed by atoms with van der Waals surface area (Å²) >= 11 is 0. The zero-order valence-corrected chi connectivity index (χ0v) is 14.2. The number of imide groups is 1. The zero-order chi connectivity index (χ0) is 17.8. The topological polar surface area (TPSA) is 96.5 Å². The Balaban J connectivity index is 2.50. The molecular weight excluding hydrogens is 310 g/mol. The molecule has 1 rings (SSSR count). The van der Waals surface area contributed by atoms with Crippen molar-refractivity contribution in [3.8, 4) is 0 Å². The Kier molecular flexibility index (Phi) is 8.96. The molecule has 0 unspecified atom stereocenters. The van der Waals surface area contributed by atoms with Gasteiger partial charge in [-0.2, -0.15) is 0 Å². The SMILES string of the molecule is CCCCNc1ccccc1C(=O)OCC(=O)NC(=O)NCCC. The fourth-order valence-corrected chi connectivity index (χ4v) is 1.87. The van der Waals surface area contributed by atoms with Gasteiger partial charge < -0.3 is 15.4 Å². The van der Waals surface area contributed by atoms with E-state index in [1.54, 1.807) is 18.2 Å². The minimum Gasteiger partial charge on any atom is -0.452 e. The summed E-state index contributed by atoms with van der Waals surface area (Å²) in [6.45, 7) is 4.68. The van der Waals surface area contributed by atoms with Gasteiger partial charge in [-0.1, -0.05) is 32.4 Å². The first-order valence-electron chi connectivity index (χ1n) is 8.16. The van der Waals surface area contributed by atoms with Crippen molar-refractivity contribution in [2.45, 2.75) is 33.1 Å². The first-order chi connectivity index (χ1) is 11.6. The molecule has 0 aromatic heterocycles. The average Bonchev–Trinajstić information content (AvgIpc) is 2.58. The highest BCUT2D eigenvalue weighted by atomic mass is 16.5. The molecule has 0 fully saturated rings. The second-order valence-corrected chi connectivity index (χ2v) is 5.21. The lowest BCUT2D eigenvalue weighted by atomic mass is 10.1. The second-order valence-electron chi connectivity index (χ2n) is 5.21. The van der Waals surface area contributed by atoms with Gasteiger partial charge in [0.05, 0.1) is 5.56 Å². The predicted molar refractivity (Wildman–Crippen MR) is 92.0 cm³/mol. The fraction of sp³-hybridized carbons (Fsp3) is 0.471. The quantitative estimate of drug-likeness (QED) is 0.475. The third kappa shape index (κ3) is 7.13. The van der Waals surface area contributed by atoms with Crippen LogP contribution in [0.25, 0.3) is 0 Å². The van der Waals surface area contributed by atoms with Crippen LogP contribution in [0.3, 0.4) is 0 Å². The van der Waals surface area contributed by atoms with Crippen molar-refractivity contribution in [3.05, 3.63) is 29.8 Å². The molecule has 1 aromatic carbocycles. The van der Waals surface area contributed by atoms with E-state index in [2.05, 4.69) is 22.9 Å². The van der Waals surface area contributed by atoms with E-state index in [9.17, 15) is 14.4 Å². The van der Waals surface area contributed by atoms with Gasteiger partial charge >= 0.3 is 12.0 Å². The van der Waals surface area contributed by atoms with E-state index in [0.717, 1.165) is 25.8 Å². The van der Waals surface area contributed by atoms with E-state index in [4.69, 9.17) is 4.74 Å². The van der Waals surface area contributed by atoms with Gasteiger partial charge in [-0.25, -0.2) is 9.59 Å². The number of carbonyl (C=O) groups excluding carboxylic acids is 3. The van der Waals surface area contributed by atoms with Crippen molar-refractivity contribution in [3.63, 3.8) is 0 Å². The van der Waals surface area contributed by atoms with Crippen LogP contribution >= 0.6 is 0 Å². The number of anilines is 1. The van der Waals surface area contributed by atoms with Gasteiger partial charge in [0.2, 0.25) is 0 Å². The van der Waals surface area contributed by atoms with Crippen molar-refractivity contribution in [2.75, 3.05) is 25.0 Å². The number of hydrogen-bond donors (Lipinski definition) is 3. The highest BCUT2D eigenvalue weighted by molar-refractivity contribution is 5.99. The minimum atomic E-state index is -0.673. The Bertz CT molecular complexity index is 561. The van der Waals surface area contributed by atoms with Crippen molar-refractivity contribution >= 4 is 23.6 Å². The van der Waals surface area contributed by atoms with Crippen molar-refractivity contribution in [2.24, 2.45) is 0 Å². The number of para-hydroxylation sites is 1. The predicted octanol–water partition coefficient (Wildman–Crippen LogP) is 2.29. The number of nitrogens with one attached hydrogen (secondary N) is 3. The number of urea groups is 1.